The Morgan fingerprint density at radius 3 is 2.91 bits per heavy atom. The van der Waals surface area contributed by atoms with E-state index in [1.807, 2.05) is 24.3 Å². The number of nitrogens with zero attached hydrogens (tertiary/aromatic N) is 2. The minimum absolute atomic E-state index is 0.00481. The maximum absolute atomic E-state index is 11.3. The summed E-state index contributed by atoms with van der Waals surface area (Å²) in [5.41, 5.74) is 2.72. The number of nitrogens with one attached hydrogen (secondary N) is 1. The maximum atomic E-state index is 11.3. The van der Waals surface area contributed by atoms with Gasteiger partial charge in [0.2, 0.25) is 0 Å². The molecule has 1 aromatic carbocycles. The predicted molar refractivity (Wildman–Crippen MR) is 83.7 cm³/mol. The zero-order chi connectivity index (χ0) is 15.1. The normalized spacial score (nSPS) is 25.2. The van der Waals surface area contributed by atoms with Crippen LogP contribution in [-0.2, 0) is 0 Å². The summed E-state index contributed by atoms with van der Waals surface area (Å²) in [6.07, 6.45) is 7.06. The summed E-state index contributed by atoms with van der Waals surface area (Å²) in [6.45, 7) is 0. The van der Waals surface area contributed by atoms with Gasteiger partial charge in [0.1, 0.15) is 5.69 Å². The SMILES string of the molecule is O=[N+]([O-])c1cccc2c1N[C@H](c1ccccn1)[C@@H]1CC=C[C@H]21. The van der Waals surface area contributed by atoms with Crippen molar-refractivity contribution in [1.29, 1.82) is 0 Å². The van der Waals surface area contributed by atoms with Crippen molar-refractivity contribution in [2.24, 2.45) is 5.92 Å². The average molecular weight is 293 g/mol. The molecule has 0 spiro atoms. The van der Waals surface area contributed by atoms with Crippen LogP contribution in [0.25, 0.3) is 0 Å². The minimum atomic E-state index is -0.319. The molecular weight excluding hydrogens is 278 g/mol. The summed E-state index contributed by atoms with van der Waals surface area (Å²) >= 11 is 0. The molecular formula is C17H15N3O2. The van der Waals surface area contributed by atoms with Crippen molar-refractivity contribution in [1.82, 2.24) is 4.98 Å². The maximum Gasteiger partial charge on any atom is 0.292 e. The number of nitro groups is 1. The summed E-state index contributed by atoms with van der Waals surface area (Å²) in [6, 6.07) is 11.1. The number of allylic oxidation sites excluding steroid dienone is 2. The Labute approximate surface area is 127 Å². The Balaban J connectivity index is 1.85. The standard InChI is InChI=1S/C17H15N3O2/c21-20(22)15-9-4-7-13-11-5-3-6-12(11)16(19-17(13)15)14-8-1-2-10-18-14/h1-5,7-12,16,19H,6H2/t11-,12+,16-/m0/s1. The van der Waals surface area contributed by atoms with Crippen molar-refractivity contribution >= 4 is 11.4 Å². The first kappa shape index (κ1) is 13.0. The van der Waals surface area contributed by atoms with E-state index in [0.717, 1.165) is 17.7 Å². The van der Waals surface area contributed by atoms with Gasteiger partial charge in [-0.25, -0.2) is 0 Å². The molecule has 1 N–H and O–H groups in total. The Hall–Kier alpha value is -2.69. The molecule has 0 saturated heterocycles. The van der Waals surface area contributed by atoms with E-state index in [1.165, 1.54) is 0 Å². The molecule has 5 nitrogen and oxygen atoms in total. The quantitative estimate of drug-likeness (QED) is 0.519. The van der Waals surface area contributed by atoms with Gasteiger partial charge in [-0.05, 0) is 30.0 Å². The van der Waals surface area contributed by atoms with E-state index in [9.17, 15) is 10.1 Å². The summed E-state index contributed by atoms with van der Waals surface area (Å²) < 4.78 is 0. The summed E-state index contributed by atoms with van der Waals surface area (Å²) in [5.74, 6) is 0.563. The molecule has 0 amide bonds. The third-order valence-corrected chi connectivity index (χ3v) is 4.58. The Morgan fingerprint density at radius 2 is 2.14 bits per heavy atom. The number of anilines is 1. The van der Waals surface area contributed by atoms with Crippen LogP contribution in [0.3, 0.4) is 0 Å². The monoisotopic (exact) mass is 293 g/mol. The van der Waals surface area contributed by atoms with Gasteiger partial charge in [-0.2, -0.15) is 0 Å². The topological polar surface area (TPSA) is 68.1 Å². The summed E-state index contributed by atoms with van der Waals surface area (Å²) in [5, 5.41) is 14.7. The highest BCUT2D eigenvalue weighted by molar-refractivity contribution is 5.70. The van der Waals surface area contributed by atoms with Crippen LogP contribution >= 0.6 is 0 Å². The van der Waals surface area contributed by atoms with Gasteiger partial charge in [-0.1, -0.05) is 30.4 Å². The molecule has 110 valence electrons. The Kier molecular flexibility index (Phi) is 2.92. The Bertz CT molecular complexity index is 758. The molecule has 0 fully saturated rings. The lowest BCUT2D eigenvalue weighted by molar-refractivity contribution is -0.384. The molecule has 5 heteroatoms. The molecule has 2 heterocycles. The summed E-state index contributed by atoms with van der Waals surface area (Å²) in [4.78, 5) is 15.5. The smallest absolute Gasteiger partial charge is 0.292 e. The average Bonchev–Trinajstić information content (AvgIpc) is 3.04. The van der Waals surface area contributed by atoms with Crippen LogP contribution in [0.15, 0.2) is 54.7 Å². The molecule has 0 saturated carbocycles. The van der Waals surface area contributed by atoms with Crippen LogP contribution < -0.4 is 5.32 Å². The van der Waals surface area contributed by atoms with E-state index in [4.69, 9.17) is 0 Å². The van der Waals surface area contributed by atoms with Crippen molar-refractivity contribution in [2.45, 2.75) is 18.4 Å². The first-order valence-electron chi connectivity index (χ1n) is 7.37. The predicted octanol–water partition coefficient (Wildman–Crippen LogP) is 3.82. The largest absolute Gasteiger partial charge is 0.371 e. The molecule has 22 heavy (non-hydrogen) atoms. The molecule has 0 bridgehead atoms. The fourth-order valence-electron chi connectivity index (χ4n) is 3.61. The molecule has 1 aliphatic carbocycles. The van der Waals surface area contributed by atoms with Crippen molar-refractivity contribution in [3.05, 3.63) is 76.1 Å². The van der Waals surface area contributed by atoms with Gasteiger partial charge in [0.05, 0.1) is 16.7 Å². The van der Waals surface area contributed by atoms with Gasteiger partial charge in [0.15, 0.2) is 0 Å². The molecule has 3 atom stereocenters. The van der Waals surface area contributed by atoms with Crippen molar-refractivity contribution in [2.75, 3.05) is 5.32 Å². The number of aromatic nitrogens is 1. The lowest BCUT2D eigenvalue weighted by Gasteiger charge is -2.36. The zero-order valence-electron chi connectivity index (χ0n) is 11.8. The zero-order valence-corrected chi connectivity index (χ0v) is 11.8. The number of rotatable bonds is 2. The lowest BCUT2D eigenvalue weighted by atomic mass is 9.78. The second kappa shape index (κ2) is 4.94. The van der Waals surface area contributed by atoms with Gasteiger partial charge >= 0.3 is 0 Å². The molecule has 1 aromatic heterocycles. The van der Waals surface area contributed by atoms with Crippen LogP contribution in [-0.4, -0.2) is 9.91 Å². The van der Waals surface area contributed by atoms with Gasteiger partial charge in [0.25, 0.3) is 5.69 Å². The van der Waals surface area contributed by atoms with Crippen LogP contribution in [0.2, 0.25) is 0 Å². The van der Waals surface area contributed by atoms with Gasteiger partial charge in [-0.15, -0.1) is 0 Å². The molecule has 1 aliphatic heterocycles. The highest BCUT2D eigenvalue weighted by atomic mass is 16.6. The van der Waals surface area contributed by atoms with Crippen LogP contribution in [0.5, 0.6) is 0 Å². The first-order chi connectivity index (χ1) is 10.8. The minimum Gasteiger partial charge on any atom is -0.371 e. The number of nitro benzene ring substituents is 1. The van der Waals surface area contributed by atoms with Gasteiger partial charge < -0.3 is 5.32 Å². The molecule has 0 radical (unpaired) electrons. The fraction of sp³-hybridized carbons (Fsp3) is 0.235. The number of para-hydroxylation sites is 1. The van der Waals surface area contributed by atoms with E-state index in [-0.39, 0.29) is 22.6 Å². The molecule has 2 aliphatic rings. The van der Waals surface area contributed by atoms with Crippen LogP contribution in [0.1, 0.15) is 29.6 Å². The number of benzene rings is 1. The third-order valence-electron chi connectivity index (χ3n) is 4.58. The van der Waals surface area contributed by atoms with E-state index >= 15 is 0 Å². The van der Waals surface area contributed by atoms with E-state index < -0.39 is 0 Å². The molecule has 4 rings (SSSR count). The van der Waals surface area contributed by atoms with Crippen molar-refractivity contribution in [3.8, 4) is 0 Å². The van der Waals surface area contributed by atoms with E-state index in [1.54, 1.807) is 18.3 Å². The Morgan fingerprint density at radius 1 is 1.23 bits per heavy atom. The summed E-state index contributed by atoms with van der Waals surface area (Å²) in [7, 11) is 0. The third kappa shape index (κ3) is 1.89. The number of hydrogen-bond donors (Lipinski definition) is 1. The van der Waals surface area contributed by atoms with Crippen LogP contribution in [0, 0.1) is 16.0 Å². The lowest BCUT2D eigenvalue weighted by Crippen LogP contribution is -2.30. The van der Waals surface area contributed by atoms with Crippen molar-refractivity contribution in [3.63, 3.8) is 0 Å². The van der Waals surface area contributed by atoms with Crippen LogP contribution in [0.4, 0.5) is 11.4 Å². The first-order valence-corrected chi connectivity index (χ1v) is 7.37. The van der Waals surface area contributed by atoms with E-state index in [0.29, 0.717) is 11.6 Å². The highest BCUT2D eigenvalue weighted by Gasteiger charge is 2.40. The second-order valence-electron chi connectivity index (χ2n) is 5.73. The van der Waals surface area contributed by atoms with E-state index in [2.05, 4.69) is 22.5 Å². The molecule has 2 aromatic rings. The number of pyridine rings is 1. The highest BCUT2D eigenvalue weighted by Crippen LogP contribution is 2.51. The van der Waals surface area contributed by atoms with Crippen molar-refractivity contribution < 1.29 is 4.92 Å². The van der Waals surface area contributed by atoms with Gasteiger partial charge in [0, 0.05) is 18.2 Å². The van der Waals surface area contributed by atoms with Gasteiger partial charge in [-0.3, -0.25) is 15.1 Å². The second-order valence-corrected chi connectivity index (χ2v) is 5.73. The molecule has 0 unspecified atom stereocenters. The fourth-order valence-corrected chi connectivity index (χ4v) is 3.61. The number of fused-ring (bicyclic) bond motifs is 3. The number of hydrogen-bond acceptors (Lipinski definition) is 4.